The normalized spacial score (nSPS) is 10.7. The van der Waals surface area contributed by atoms with E-state index in [2.05, 4.69) is 6.58 Å². The van der Waals surface area contributed by atoms with Crippen molar-refractivity contribution in [3.63, 3.8) is 0 Å². The van der Waals surface area contributed by atoms with Gasteiger partial charge in [0.25, 0.3) is 0 Å². The van der Waals surface area contributed by atoms with Crippen LogP contribution >= 0.6 is 0 Å². The molecule has 0 fully saturated rings. The van der Waals surface area contributed by atoms with E-state index in [1.54, 1.807) is 0 Å². The molecule has 0 aromatic rings. The number of ketones is 1. The first-order valence-electron chi connectivity index (χ1n) is 3.56. The largest absolute Gasteiger partial charge is 0.478 e. The molecule has 0 saturated carbocycles. The molecule has 70 valence electrons. The summed E-state index contributed by atoms with van der Waals surface area (Å²) in [4.78, 5) is 31.4. The van der Waals surface area contributed by atoms with Gasteiger partial charge in [0.15, 0.2) is 5.78 Å². The number of carbonyl (C=O) groups excluding carboxylic acids is 2. The monoisotopic (exact) mass is 182 g/mol. The van der Waals surface area contributed by atoms with Crippen LogP contribution in [0.2, 0.25) is 0 Å². The van der Waals surface area contributed by atoms with Crippen LogP contribution in [0.15, 0.2) is 23.8 Å². The summed E-state index contributed by atoms with van der Waals surface area (Å²) in [5.74, 6) is -1.74. The lowest BCUT2D eigenvalue weighted by molar-refractivity contribution is -0.133. The fraction of sp³-hybridized carbons (Fsp3) is 0.222. The Balaban J connectivity index is 4.72. The molecule has 4 heteroatoms. The Morgan fingerprint density at radius 3 is 2.31 bits per heavy atom. The number of rotatable bonds is 5. The van der Waals surface area contributed by atoms with Crippen molar-refractivity contribution in [3.05, 3.63) is 23.8 Å². The van der Waals surface area contributed by atoms with Crippen LogP contribution in [0.25, 0.3) is 0 Å². The number of aliphatic carboxylic acids is 1. The highest BCUT2D eigenvalue weighted by molar-refractivity contribution is 6.07. The molecule has 0 aliphatic rings. The molecule has 4 nitrogen and oxygen atoms in total. The smallest absolute Gasteiger partial charge is 0.332 e. The molecule has 0 aliphatic carbocycles. The minimum absolute atomic E-state index is 0.219. The fourth-order valence-corrected chi connectivity index (χ4v) is 0.579. The average Bonchev–Trinajstić information content (AvgIpc) is 2.03. The van der Waals surface area contributed by atoms with Gasteiger partial charge >= 0.3 is 5.97 Å². The topological polar surface area (TPSA) is 71.4 Å². The second kappa shape index (κ2) is 5.03. The lowest BCUT2D eigenvalue weighted by Gasteiger charge is -1.95. The number of allylic oxidation sites excluding steroid dienone is 2. The Bertz CT molecular complexity index is 286. The van der Waals surface area contributed by atoms with Gasteiger partial charge < -0.3 is 9.90 Å². The Labute approximate surface area is 75.6 Å². The quantitative estimate of drug-likeness (QED) is 0.502. The molecule has 0 atom stereocenters. The summed E-state index contributed by atoms with van der Waals surface area (Å²) < 4.78 is 0. The molecular formula is C9H10O4. The molecule has 0 amide bonds. The summed E-state index contributed by atoms with van der Waals surface area (Å²) in [6.07, 6.45) is 1.08. The maximum Gasteiger partial charge on any atom is 0.332 e. The second-order valence-electron chi connectivity index (χ2n) is 2.49. The molecule has 0 aromatic heterocycles. The van der Waals surface area contributed by atoms with E-state index in [1.165, 1.54) is 6.92 Å². The van der Waals surface area contributed by atoms with E-state index in [0.717, 1.165) is 6.08 Å². The Morgan fingerprint density at radius 2 is 2.00 bits per heavy atom. The average molecular weight is 182 g/mol. The number of hydrogen-bond acceptors (Lipinski definition) is 3. The summed E-state index contributed by atoms with van der Waals surface area (Å²) >= 11 is 0. The number of carbonyl (C=O) groups is 3. The summed E-state index contributed by atoms with van der Waals surface area (Å²) in [6, 6.07) is 0. The number of carboxylic acids is 1. The van der Waals surface area contributed by atoms with Crippen LogP contribution in [0.1, 0.15) is 13.3 Å². The van der Waals surface area contributed by atoms with Gasteiger partial charge in [0.2, 0.25) is 0 Å². The first-order chi connectivity index (χ1) is 5.99. The maximum atomic E-state index is 11.0. The molecule has 0 aliphatic heterocycles. The molecule has 0 rings (SSSR count). The first-order valence-corrected chi connectivity index (χ1v) is 3.56. The van der Waals surface area contributed by atoms with Crippen molar-refractivity contribution in [2.24, 2.45) is 0 Å². The Hall–Kier alpha value is -1.71. The van der Waals surface area contributed by atoms with E-state index in [9.17, 15) is 14.4 Å². The third kappa shape index (κ3) is 4.00. The summed E-state index contributed by atoms with van der Waals surface area (Å²) in [6.45, 7) is 4.82. The van der Waals surface area contributed by atoms with Crippen LogP contribution in [-0.2, 0) is 14.4 Å². The van der Waals surface area contributed by atoms with E-state index in [-0.39, 0.29) is 17.6 Å². The van der Waals surface area contributed by atoms with Gasteiger partial charge in [-0.2, -0.15) is 0 Å². The minimum Gasteiger partial charge on any atom is -0.478 e. The van der Waals surface area contributed by atoms with Crippen molar-refractivity contribution in [2.45, 2.75) is 13.3 Å². The third-order valence-electron chi connectivity index (χ3n) is 1.30. The minimum atomic E-state index is -1.26. The van der Waals surface area contributed by atoms with E-state index in [0.29, 0.717) is 6.29 Å². The molecule has 0 spiro atoms. The number of carboxylic acid groups (broad SMARTS) is 1. The van der Waals surface area contributed by atoms with Crippen molar-refractivity contribution in [1.82, 2.24) is 0 Å². The summed E-state index contributed by atoms with van der Waals surface area (Å²) in [7, 11) is 0. The molecular weight excluding hydrogens is 172 g/mol. The van der Waals surface area contributed by atoms with Crippen LogP contribution < -0.4 is 0 Å². The van der Waals surface area contributed by atoms with Crippen molar-refractivity contribution in [1.29, 1.82) is 0 Å². The van der Waals surface area contributed by atoms with E-state index in [1.807, 2.05) is 0 Å². The van der Waals surface area contributed by atoms with Gasteiger partial charge in [-0.15, -0.1) is 0 Å². The fourth-order valence-electron chi connectivity index (χ4n) is 0.579. The van der Waals surface area contributed by atoms with Gasteiger partial charge in [0.05, 0.1) is 0 Å². The van der Waals surface area contributed by atoms with Crippen molar-refractivity contribution >= 4 is 18.0 Å². The van der Waals surface area contributed by atoms with Crippen LogP contribution in [-0.4, -0.2) is 23.1 Å². The molecule has 0 heterocycles. The van der Waals surface area contributed by atoms with E-state index >= 15 is 0 Å². The molecule has 13 heavy (non-hydrogen) atoms. The first kappa shape index (κ1) is 11.3. The van der Waals surface area contributed by atoms with Gasteiger partial charge in [-0.05, 0) is 18.6 Å². The second-order valence-corrected chi connectivity index (χ2v) is 2.49. The van der Waals surface area contributed by atoms with Crippen LogP contribution in [0.5, 0.6) is 0 Å². The van der Waals surface area contributed by atoms with Crippen LogP contribution in [0.3, 0.4) is 0 Å². The van der Waals surface area contributed by atoms with E-state index in [4.69, 9.17) is 5.11 Å². The number of hydrogen-bond donors (Lipinski definition) is 1. The van der Waals surface area contributed by atoms with Crippen molar-refractivity contribution < 1.29 is 19.5 Å². The Morgan fingerprint density at radius 1 is 1.46 bits per heavy atom. The van der Waals surface area contributed by atoms with Crippen molar-refractivity contribution in [3.8, 4) is 0 Å². The highest BCUT2D eigenvalue weighted by atomic mass is 16.4. The zero-order valence-electron chi connectivity index (χ0n) is 7.24. The SMILES string of the molecule is C=C(C)C(=O)C=C(CC=O)C(=O)O. The molecule has 0 saturated heterocycles. The lowest BCUT2D eigenvalue weighted by Crippen LogP contribution is -2.05. The molecule has 1 N–H and O–H groups in total. The summed E-state index contributed by atoms with van der Waals surface area (Å²) in [5.41, 5.74) is 0.0210. The third-order valence-corrected chi connectivity index (χ3v) is 1.30. The van der Waals surface area contributed by atoms with Gasteiger partial charge in [-0.3, -0.25) is 4.79 Å². The lowest BCUT2D eigenvalue weighted by atomic mass is 10.1. The Kier molecular flexibility index (Phi) is 4.37. The number of aldehydes is 1. The highest BCUT2D eigenvalue weighted by Crippen LogP contribution is 2.02. The van der Waals surface area contributed by atoms with Gasteiger partial charge in [0, 0.05) is 12.0 Å². The zero-order chi connectivity index (χ0) is 10.4. The molecule has 0 radical (unpaired) electrons. The van der Waals surface area contributed by atoms with Gasteiger partial charge in [-0.25, -0.2) is 4.79 Å². The van der Waals surface area contributed by atoms with Crippen LogP contribution in [0, 0.1) is 0 Å². The maximum absolute atomic E-state index is 11.0. The van der Waals surface area contributed by atoms with Gasteiger partial charge in [0.1, 0.15) is 6.29 Å². The summed E-state index contributed by atoms with van der Waals surface area (Å²) in [5, 5.41) is 8.53. The predicted octanol–water partition coefficient (Wildman–Crippen LogP) is 0.732. The van der Waals surface area contributed by atoms with E-state index < -0.39 is 11.8 Å². The standard InChI is InChI=1S/C9H10O4/c1-6(2)8(11)5-7(3-4-10)9(12)13/h4-5H,1,3H2,2H3,(H,12,13). The molecule has 0 aromatic carbocycles. The van der Waals surface area contributed by atoms with Crippen LogP contribution in [0.4, 0.5) is 0 Å². The highest BCUT2D eigenvalue weighted by Gasteiger charge is 2.09. The van der Waals surface area contributed by atoms with Gasteiger partial charge in [-0.1, -0.05) is 6.58 Å². The predicted molar refractivity (Wildman–Crippen MR) is 46.2 cm³/mol. The molecule has 0 bridgehead atoms. The zero-order valence-corrected chi connectivity index (χ0v) is 7.24. The van der Waals surface area contributed by atoms with Crippen molar-refractivity contribution in [2.75, 3.05) is 0 Å². The molecule has 0 unspecified atom stereocenters.